The second kappa shape index (κ2) is 7.15. The van der Waals surface area contributed by atoms with E-state index in [2.05, 4.69) is 17.2 Å². The van der Waals surface area contributed by atoms with Gasteiger partial charge in [0.05, 0.1) is 0 Å². The van der Waals surface area contributed by atoms with Gasteiger partial charge in [0.2, 0.25) is 0 Å². The van der Waals surface area contributed by atoms with Crippen LogP contribution < -0.4 is 5.32 Å². The number of aromatic nitrogens is 1. The largest absolute Gasteiger partial charge is 0.310 e. The highest BCUT2D eigenvalue weighted by Crippen LogP contribution is 2.21. The fourth-order valence-electron chi connectivity index (χ4n) is 2.36. The van der Waals surface area contributed by atoms with E-state index in [4.69, 9.17) is 0 Å². The van der Waals surface area contributed by atoms with Crippen molar-refractivity contribution in [2.75, 3.05) is 6.54 Å². The molecule has 0 fully saturated rings. The zero-order valence-corrected chi connectivity index (χ0v) is 12.1. The zero-order chi connectivity index (χ0) is 14.4. The van der Waals surface area contributed by atoms with Crippen molar-refractivity contribution in [3.8, 4) is 0 Å². The molecule has 2 rings (SSSR count). The van der Waals surface area contributed by atoms with Crippen molar-refractivity contribution in [2.45, 2.75) is 32.7 Å². The summed E-state index contributed by atoms with van der Waals surface area (Å²) in [7, 11) is 0. The minimum absolute atomic E-state index is 0.145. The zero-order valence-electron chi connectivity index (χ0n) is 12.1. The van der Waals surface area contributed by atoms with E-state index >= 15 is 0 Å². The Bertz CT molecular complexity index is 540. The van der Waals surface area contributed by atoms with E-state index in [1.807, 2.05) is 36.5 Å². The highest BCUT2D eigenvalue weighted by Gasteiger charge is 2.12. The van der Waals surface area contributed by atoms with Crippen molar-refractivity contribution in [1.82, 2.24) is 10.3 Å². The molecule has 1 aromatic carbocycles. The third-order valence-corrected chi connectivity index (χ3v) is 3.45. The number of hydrogen-bond donors (Lipinski definition) is 1. The Kier molecular flexibility index (Phi) is 5.24. The minimum Gasteiger partial charge on any atom is -0.310 e. The Hall–Kier alpha value is -1.74. The van der Waals surface area contributed by atoms with Crippen molar-refractivity contribution < 1.29 is 4.39 Å². The summed E-state index contributed by atoms with van der Waals surface area (Å²) < 4.78 is 13.4. The van der Waals surface area contributed by atoms with Crippen LogP contribution in [0.5, 0.6) is 0 Å². The first-order valence-electron chi connectivity index (χ1n) is 7.10. The number of benzene rings is 1. The summed E-state index contributed by atoms with van der Waals surface area (Å²) in [6.45, 7) is 4.79. The number of hydrogen-bond acceptors (Lipinski definition) is 2. The van der Waals surface area contributed by atoms with E-state index in [0.717, 1.165) is 30.6 Å². The first-order valence-corrected chi connectivity index (χ1v) is 7.10. The molecule has 1 aromatic heterocycles. The van der Waals surface area contributed by atoms with Crippen LogP contribution in [0.1, 0.15) is 36.2 Å². The SMILES string of the molecule is CCNC(CCc1ccccn1)c1ccc(F)c(C)c1. The second-order valence-corrected chi connectivity index (χ2v) is 4.98. The van der Waals surface area contributed by atoms with Gasteiger partial charge in [0.1, 0.15) is 5.82 Å². The fraction of sp³-hybridized carbons (Fsp3) is 0.353. The van der Waals surface area contributed by atoms with Crippen LogP contribution in [-0.2, 0) is 6.42 Å². The Balaban J connectivity index is 2.08. The first-order chi connectivity index (χ1) is 9.70. The monoisotopic (exact) mass is 272 g/mol. The lowest BCUT2D eigenvalue weighted by Crippen LogP contribution is -2.21. The van der Waals surface area contributed by atoms with Gasteiger partial charge in [-0.3, -0.25) is 4.98 Å². The predicted molar refractivity (Wildman–Crippen MR) is 80.1 cm³/mol. The van der Waals surface area contributed by atoms with Gasteiger partial charge in [-0.25, -0.2) is 4.39 Å². The fourth-order valence-corrected chi connectivity index (χ4v) is 2.36. The normalized spacial score (nSPS) is 12.3. The number of pyridine rings is 1. The molecule has 106 valence electrons. The van der Waals surface area contributed by atoms with E-state index in [1.54, 1.807) is 13.0 Å². The lowest BCUT2D eigenvalue weighted by molar-refractivity contribution is 0.510. The molecule has 0 bridgehead atoms. The summed E-state index contributed by atoms with van der Waals surface area (Å²) >= 11 is 0. The molecule has 1 N–H and O–H groups in total. The lowest BCUT2D eigenvalue weighted by Gasteiger charge is -2.19. The standard InChI is InChI=1S/C17H21FN2/c1-3-19-17(10-8-15-6-4-5-11-20-15)14-7-9-16(18)13(2)12-14/h4-7,9,11-12,17,19H,3,8,10H2,1-2H3. The summed E-state index contributed by atoms with van der Waals surface area (Å²) in [5, 5.41) is 3.47. The molecule has 0 aliphatic rings. The molecule has 0 radical (unpaired) electrons. The summed E-state index contributed by atoms with van der Waals surface area (Å²) in [6, 6.07) is 11.6. The average Bonchev–Trinajstić information content (AvgIpc) is 2.47. The van der Waals surface area contributed by atoms with Crippen LogP contribution in [0.3, 0.4) is 0 Å². The van der Waals surface area contributed by atoms with Crippen LogP contribution in [-0.4, -0.2) is 11.5 Å². The highest BCUT2D eigenvalue weighted by molar-refractivity contribution is 5.26. The highest BCUT2D eigenvalue weighted by atomic mass is 19.1. The van der Waals surface area contributed by atoms with E-state index < -0.39 is 0 Å². The van der Waals surface area contributed by atoms with Gasteiger partial charge in [-0.05, 0) is 55.6 Å². The molecule has 3 heteroatoms. The van der Waals surface area contributed by atoms with Crippen LogP contribution >= 0.6 is 0 Å². The molecule has 0 aliphatic heterocycles. The van der Waals surface area contributed by atoms with Gasteiger partial charge in [0.15, 0.2) is 0 Å². The molecular weight excluding hydrogens is 251 g/mol. The molecule has 2 nitrogen and oxygen atoms in total. The summed E-state index contributed by atoms with van der Waals surface area (Å²) in [4.78, 5) is 4.35. The maximum absolute atomic E-state index is 13.4. The predicted octanol–water partition coefficient (Wildman–Crippen LogP) is 3.81. The molecular formula is C17H21FN2. The molecule has 0 saturated carbocycles. The van der Waals surface area contributed by atoms with Crippen LogP contribution in [0.4, 0.5) is 4.39 Å². The molecule has 0 saturated heterocycles. The number of aryl methyl sites for hydroxylation is 2. The number of nitrogens with zero attached hydrogens (tertiary/aromatic N) is 1. The van der Waals surface area contributed by atoms with Gasteiger partial charge >= 0.3 is 0 Å². The molecule has 1 unspecified atom stereocenters. The molecule has 2 aromatic rings. The van der Waals surface area contributed by atoms with Crippen molar-refractivity contribution in [1.29, 1.82) is 0 Å². The van der Waals surface area contributed by atoms with Crippen molar-refractivity contribution >= 4 is 0 Å². The van der Waals surface area contributed by atoms with Gasteiger partial charge in [0.25, 0.3) is 0 Å². The lowest BCUT2D eigenvalue weighted by atomic mass is 9.99. The van der Waals surface area contributed by atoms with E-state index in [1.165, 1.54) is 0 Å². The molecule has 1 heterocycles. The number of nitrogens with one attached hydrogen (secondary N) is 1. The topological polar surface area (TPSA) is 24.9 Å². The molecule has 0 amide bonds. The molecule has 20 heavy (non-hydrogen) atoms. The van der Waals surface area contributed by atoms with Gasteiger partial charge in [-0.1, -0.05) is 25.1 Å². The van der Waals surface area contributed by atoms with Gasteiger partial charge in [-0.15, -0.1) is 0 Å². The first kappa shape index (κ1) is 14.7. The third-order valence-electron chi connectivity index (χ3n) is 3.45. The van der Waals surface area contributed by atoms with Gasteiger partial charge in [0, 0.05) is 17.9 Å². The quantitative estimate of drug-likeness (QED) is 0.865. The van der Waals surface area contributed by atoms with E-state index in [-0.39, 0.29) is 11.9 Å². The van der Waals surface area contributed by atoms with Crippen molar-refractivity contribution in [2.24, 2.45) is 0 Å². The van der Waals surface area contributed by atoms with Gasteiger partial charge < -0.3 is 5.32 Å². The smallest absolute Gasteiger partial charge is 0.126 e. The number of rotatable bonds is 6. The molecule has 0 aliphatic carbocycles. The third kappa shape index (κ3) is 3.87. The Labute approximate surface area is 120 Å². The second-order valence-electron chi connectivity index (χ2n) is 4.98. The van der Waals surface area contributed by atoms with Crippen LogP contribution in [0.2, 0.25) is 0 Å². The summed E-state index contributed by atoms with van der Waals surface area (Å²) in [5.41, 5.74) is 2.93. The maximum Gasteiger partial charge on any atom is 0.126 e. The van der Waals surface area contributed by atoms with E-state index in [0.29, 0.717) is 5.56 Å². The van der Waals surface area contributed by atoms with Crippen LogP contribution in [0.25, 0.3) is 0 Å². The average molecular weight is 272 g/mol. The van der Waals surface area contributed by atoms with Crippen molar-refractivity contribution in [3.05, 3.63) is 65.2 Å². The number of halogens is 1. The molecule has 0 spiro atoms. The minimum atomic E-state index is -0.145. The maximum atomic E-state index is 13.4. The van der Waals surface area contributed by atoms with Crippen LogP contribution in [0, 0.1) is 12.7 Å². The Morgan fingerprint density at radius 1 is 1.25 bits per heavy atom. The summed E-state index contributed by atoms with van der Waals surface area (Å²) in [6.07, 6.45) is 3.69. The van der Waals surface area contributed by atoms with Crippen LogP contribution in [0.15, 0.2) is 42.6 Å². The van der Waals surface area contributed by atoms with Gasteiger partial charge in [-0.2, -0.15) is 0 Å². The van der Waals surface area contributed by atoms with E-state index in [9.17, 15) is 4.39 Å². The summed E-state index contributed by atoms with van der Waals surface area (Å²) in [5.74, 6) is -0.145. The van der Waals surface area contributed by atoms with Crippen molar-refractivity contribution in [3.63, 3.8) is 0 Å². The Morgan fingerprint density at radius 2 is 2.10 bits per heavy atom. The molecule has 1 atom stereocenters. The Morgan fingerprint density at radius 3 is 2.75 bits per heavy atom.